The van der Waals surface area contributed by atoms with Crippen molar-refractivity contribution >= 4 is 17.4 Å². The van der Waals surface area contributed by atoms with Gasteiger partial charge in [-0.05, 0) is 40.4 Å². The molecule has 2 N–H and O–H groups in total. The Hall–Kier alpha value is -1.81. The van der Waals surface area contributed by atoms with Crippen LogP contribution < -0.4 is 10.6 Å². The zero-order chi connectivity index (χ0) is 12.8. The van der Waals surface area contributed by atoms with E-state index in [2.05, 4.69) is 33.5 Å². The molecule has 1 heterocycles. The van der Waals surface area contributed by atoms with Crippen LogP contribution in [-0.2, 0) is 6.54 Å². The average molecular weight is 260 g/mol. The van der Waals surface area contributed by atoms with E-state index >= 15 is 0 Å². The fraction of sp³-hybridized carbons (Fsp3) is 0.214. The molecule has 0 saturated carbocycles. The number of carbonyl (C=O) groups excluding carboxylic acids is 1. The van der Waals surface area contributed by atoms with Crippen LogP contribution in [0, 0.1) is 0 Å². The summed E-state index contributed by atoms with van der Waals surface area (Å²) in [6.07, 6.45) is 0. The van der Waals surface area contributed by atoms with Crippen molar-refractivity contribution < 1.29 is 4.79 Å². The molecule has 0 spiro atoms. The lowest BCUT2D eigenvalue weighted by Crippen LogP contribution is -2.34. The number of urea groups is 1. The molecule has 3 nitrogen and oxygen atoms in total. The number of hydrogen-bond acceptors (Lipinski definition) is 2. The van der Waals surface area contributed by atoms with E-state index in [1.165, 1.54) is 11.1 Å². The van der Waals surface area contributed by atoms with E-state index in [0.29, 0.717) is 13.1 Å². The standard InChI is InChI=1S/C14H16N2OS/c1-2-15-14(17)16-9-11-5-3-4-6-13(11)12-7-8-18-10-12/h3-8,10H,2,9H2,1H3,(H2,15,16,17). The topological polar surface area (TPSA) is 41.1 Å². The molecule has 2 rings (SSSR count). The molecular formula is C14H16N2OS. The second kappa shape index (κ2) is 6.21. The largest absolute Gasteiger partial charge is 0.338 e. The maximum atomic E-state index is 11.4. The first-order valence-corrected chi connectivity index (χ1v) is 6.87. The van der Waals surface area contributed by atoms with E-state index < -0.39 is 0 Å². The van der Waals surface area contributed by atoms with Crippen molar-refractivity contribution in [2.45, 2.75) is 13.5 Å². The highest BCUT2D eigenvalue weighted by Crippen LogP contribution is 2.25. The molecule has 2 aromatic rings. The predicted octanol–water partition coefficient (Wildman–Crippen LogP) is 3.23. The van der Waals surface area contributed by atoms with Crippen LogP contribution in [0.25, 0.3) is 11.1 Å². The molecule has 0 saturated heterocycles. The van der Waals surface area contributed by atoms with Gasteiger partial charge in [0.1, 0.15) is 0 Å². The van der Waals surface area contributed by atoms with E-state index in [9.17, 15) is 4.79 Å². The van der Waals surface area contributed by atoms with Gasteiger partial charge in [0.15, 0.2) is 0 Å². The summed E-state index contributed by atoms with van der Waals surface area (Å²) >= 11 is 1.68. The Balaban J connectivity index is 2.11. The number of hydrogen-bond donors (Lipinski definition) is 2. The molecule has 0 atom stereocenters. The Labute approximate surface area is 111 Å². The van der Waals surface area contributed by atoms with Crippen LogP contribution >= 0.6 is 11.3 Å². The number of amides is 2. The minimum absolute atomic E-state index is 0.127. The molecule has 2 amide bonds. The molecule has 1 aromatic carbocycles. The monoisotopic (exact) mass is 260 g/mol. The number of nitrogens with one attached hydrogen (secondary N) is 2. The first-order valence-electron chi connectivity index (χ1n) is 5.93. The van der Waals surface area contributed by atoms with Crippen molar-refractivity contribution in [1.82, 2.24) is 10.6 Å². The summed E-state index contributed by atoms with van der Waals surface area (Å²) in [7, 11) is 0. The molecule has 1 aromatic heterocycles. The van der Waals surface area contributed by atoms with Gasteiger partial charge in [0.05, 0.1) is 0 Å². The van der Waals surface area contributed by atoms with Gasteiger partial charge in [-0.1, -0.05) is 24.3 Å². The molecule has 0 aliphatic carbocycles. The summed E-state index contributed by atoms with van der Waals surface area (Å²) in [5, 5.41) is 9.75. The third-order valence-electron chi connectivity index (χ3n) is 2.63. The lowest BCUT2D eigenvalue weighted by atomic mass is 10.0. The second-order valence-electron chi connectivity index (χ2n) is 3.88. The SMILES string of the molecule is CCNC(=O)NCc1ccccc1-c1ccsc1. The highest BCUT2D eigenvalue weighted by Gasteiger charge is 2.06. The summed E-state index contributed by atoms with van der Waals surface area (Å²) in [5.41, 5.74) is 3.51. The van der Waals surface area contributed by atoms with Crippen LogP contribution in [-0.4, -0.2) is 12.6 Å². The molecule has 18 heavy (non-hydrogen) atoms. The second-order valence-corrected chi connectivity index (χ2v) is 4.66. The average Bonchev–Trinajstić information content (AvgIpc) is 2.91. The van der Waals surface area contributed by atoms with Gasteiger partial charge in [-0.15, -0.1) is 0 Å². The van der Waals surface area contributed by atoms with Crippen LogP contribution in [0.1, 0.15) is 12.5 Å². The molecule has 0 unspecified atom stereocenters. The highest BCUT2D eigenvalue weighted by molar-refractivity contribution is 7.08. The molecule has 4 heteroatoms. The normalized spacial score (nSPS) is 10.1. The van der Waals surface area contributed by atoms with Crippen molar-refractivity contribution in [3.63, 3.8) is 0 Å². The van der Waals surface area contributed by atoms with Gasteiger partial charge in [0, 0.05) is 13.1 Å². The Kier molecular flexibility index (Phi) is 4.36. The molecule has 0 radical (unpaired) electrons. The summed E-state index contributed by atoms with van der Waals surface area (Å²) in [6, 6.07) is 10.1. The molecule has 0 fully saturated rings. The van der Waals surface area contributed by atoms with Gasteiger partial charge in [0.2, 0.25) is 0 Å². The Bertz CT molecular complexity index is 508. The predicted molar refractivity (Wildman–Crippen MR) is 75.7 cm³/mol. The summed E-state index contributed by atoms with van der Waals surface area (Å²) in [4.78, 5) is 11.4. The summed E-state index contributed by atoms with van der Waals surface area (Å²) in [6.45, 7) is 3.08. The van der Waals surface area contributed by atoms with Crippen molar-refractivity contribution in [2.24, 2.45) is 0 Å². The number of carbonyl (C=O) groups is 1. The number of rotatable bonds is 4. The fourth-order valence-corrected chi connectivity index (χ4v) is 2.43. The molecule has 0 aliphatic rings. The number of benzene rings is 1. The minimum atomic E-state index is -0.127. The maximum Gasteiger partial charge on any atom is 0.315 e. The van der Waals surface area contributed by atoms with Gasteiger partial charge in [0.25, 0.3) is 0 Å². The quantitative estimate of drug-likeness (QED) is 0.870. The zero-order valence-electron chi connectivity index (χ0n) is 10.3. The Morgan fingerprint density at radius 3 is 2.78 bits per heavy atom. The summed E-state index contributed by atoms with van der Waals surface area (Å²) in [5.74, 6) is 0. The van der Waals surface area contributed by atoms with E-state index in [0.717, 1.165) is 5.56 Å². The maximum absolute atomic E-state index is 11.4. The van der Waals surface area contributed by atoms with Crippen LogP contribution in [0.5, 0.6) is 0 Å². The first-order chi connectivity index (χ1) is 8.81. The first kappa shape index (κ1) is 12.6. The smallest absolute Gasteiger partial charge is 0.315 e. The van der Waals surface area contributed by atoms with Crippen LogP contribution in [0.2, 0.25) is 0 Å². The number of thiophene rings is 1. The fourth-order valence-electron chi connectivity index (χ4n) is 1.77. The molecular weight excluding hydrogens is 244 g/mol. The Morgan fingerprint density at radius 2 is 2.06 bits per heavy atom. The Morgan fingerprint density at radius 1 is 1.22 bits per heavy atom. The van der Waals surface area contributed by atoms with Crippen LogP contribution in [0.3, 0.4) is 0 Å². The van der Waals surface area contributed by atoms with E-state index in [4.69, 9.17) is 0 Å². The van der Waals surface area contributed by atoms with Gasteiger partial charge < -0.3 is 10.6 Å². The van der Waals surface area contributed by atoms with Crippen molar-refractivity contribution in [2.75, 3.05) is 6.54 Å². The van der Waals surface area contributed by atoms with Crippen LogP contribution in [0.15, 0.2) is 41.1 Å². The van der Waals surface area contributed by atoms with E-state index in [1.807, 2.05) is 25.1 Å². The van der Waals surface area contributed by atoms with Gasteiger partial charge in [-0.3, -0.25) is 0 Å². The zero-order valence-corrected chi connectivity index (χ0v) is 11.1. The third kappa shape index (κ3) is 3.11. The summed E-state index contributed by atoms with van der Waals surface area (Å²) < 4.78 is 0. The van der Waals surface area contributed by atoms with E-state index in [-0.39, 0.29) is 6.03 Å². The van der Waals surface area contributed by atoms with Crippen molar-refractivity contribution in [3.8, 4) is 11.1 Å². The lowest BCUT2D eigenvalue weighted by molar-refractivity contribution is 0.241. The van der Waals surface area contributed by atoms with Crippen molar-refractivity contribution in [3.05, 3.63) is 46.7 Å². The lowest BCUT2D eigenvalue weighted by Gasteiger charge is -2.10. The van der Waals surface area contributed by atoms with Gasteiger partial charge in [-0.25, -0.2) is 4.79 Å². The molecule has 0 bridgehead atoms. The molecule has 94 valence electrons. The third-order valence-corrected chi connectivity index (χ3v) is 3.31. The van der Waals surface area contributed by atoms with Gasteiger partial charge in [-0.2, -0.15) is 11.3 Å². The highest BCUT2D eigenvalue weighted by atomic mass is 32.1. The van der Waals surface area contributed by atoms with E-state index in [1.54, 1.807) is 11.3 Å². The molecule has 0 aliphatic heterocycles. The van der Waals surface area contributed by atoms with Crippen LogP contribution in [0.4, 0.5) is 4.79 Å². The van der Waals surface area contributed by atoms with Gasteiger partial charge >= 0.3 is 6.03 Å². The minimum Gasteiger partial charge on any atom is -0.338 e. The van der Waals surface area contributed by atoms with Crippen molar-refractivity contribution in [1.29, 1.82) is 0 Å².